The molecule has 0 atom stereocenters. The van der Waals surface area contributed by atoms with Gasteiger partial charge in [0.2, 0.25) is 0 Å². The Morgan fingerprint density at radius 3 is 3.00 bits per heavy atom. The van der Waals surface area contributed by atoms with Crippen LogP contribution in [0.1, 0.15) is 0 Å². The molecule has 0 saturated heterocycles. The number of nitrogen functional groups attached to an aromatic ring is 1. The highest BCUT2D eigenvalue weighted by Crippen LogP contribution is 2.25. The highest BCUT2D eigenvalue weighted by atomic mass is 16.3. The van der Waals surface area contributed by atoms with E-state index in [1.54, 1.807) is 12.5 Å². The van der Waals surface area contributed by atoms with Crippen LogP contribution < -0.4 is 11.1 Å². The molecule has 0 bridgehead atoms. The number of nitrogens with zero attached hydrogens (tertiary/aromatic N) is 1. The molecule has 0 saturated carbocycles. The van der Waals surface area contributed by atoms with Gasteiger partial charge in [0.1, 0.15) is 11.4 Å². The second-order valence-corrected chi connectivity index (χ2v) is 3.74. The largest absolute Gasteiger partial charge is 0.464 e. The second kappa shape index (κ2) is 3.83. The third kappa shape index (κ3) is 1.80. The number of aromatic nitrogens is 1. The molecule has 4 nitrogen and oxygen atoms in total. The van der Waals surface area contributed by atoms with Crippen LogP contribution >= 0.6 is 0 Å². The lowest BCUT2D eigenvalue weighted by atomic mass is 10.2. The molecule has 17 heavy (non-hydrogen) atoms. The topological polar surface area (TPSA) is 64.1 Å². The second-order valence-electron chi connectivity index (χ2n) is 3.74. The molecule has 3 aromatic rings. The zero-order valence-electron chi connectivity index (χ0n) is 9.05. The van der Waals surface area contributed by atoms with Gasteiger partial charge in [-0.05, 0) is 30.3 Å². The van der Waals surface area contributed by atoms with Crippen LogP contribution in [0.5, 0.6) is 0 Å². The van der Waals surface area contributed by atoms with Crippen LogP contribution in [0.4, 0.5) is 17.2 Å². The number of benzene rings is 1. The number of fused-ring (bicyclic) bond motifs is 1. The molecule has 0 aliphatic rings. The van der Waals surface area contributed by atoms with Crippen LogP contribution in [0.25, 0.3) is 11.0 Å². The molecular weight excluding hydrogens is 214 g/mol. The SMILES string of the molecule is Nc1cccc(Nc2nccc3occc23)c1. The molecule has 1 aromatic carbocycles. The maximum absolute atomic E-state index is 5.73. The van der Waals surface area contributed by atoms with E-state index < -0.39 is 0 Å². The summed E-state index contributed by atoms with van der Waals surface area (Å²) in [5.74, 6) is 0.766. The molecule has 0 aliphatic carbocycles. The fourth-order valence-electron chi connectivity index (χ4n) is 1.75. The van der Waals surface area contributed by atoms with Crippen molar-refractivity contribution in [3.05, 3.63) is 48.9 Å². The Morgan fingerprint density at radius 1 is 1.18 bits per heavy atom. The normalized spacial score (nSPS) is 10.6. The maximum Gasteiger partial charge on any atom is 0.141 e. The summed E-state index contributed by atoms with van der Waals surface area (Å²) in [5.41, 5.74) is 8.16. The average Bonchev–Trinajstić information content (AvgIpc) is 2.78. The number of nitrogens with one attached hydrogen (secondary N) is 1. The number of rotatable bonds is 2. The Balaban J connectivity index is 2.02. The summed E-state index contributed by atoms with van der Waals surface area (Å²) >= 11 is 0. The zero-order valence-corrected chi connectivity index (χ0v) is 9.05. The van der Waals surface area contributed by atoms with Gasteiger partial charge in [0.05, 0.1) is 11.6 Å². The third-order valence-electron chi connectivity index (χ3n) is 2.53. The van der Waals surface area contributed by atoms with E-state index in [2.05, 4.69) is 10.3 Å². The van der Waals surface area contributed by atoms with Gasteiger partial charge >= 0.3 is 0 Å². The van der Waals surface area contributed by atoms with Gasteiger partial charge in [0.25, 0.3) is 0 Å². The van der Waals surface area contributed by atoms with Crippen LogP contribution in [0.15, 0.2) is 53.3 Å². The maximum atomic E-state index is 5.73. The van der Waals surface area contributed by atoms with Crippen LogP contribution in [0.3, 0.4) is 0 Å². The molecule has 3 rings (SSSR count). The quantitative estimate of drug-likeness (QED) is 0.657. The van der Waals surface area contributed by atoms with Crippen LogP contribution in [-0.2, 0) is 0 Å². The van der Waals surface area contributed by atoms with Crippen molar-refractivity contribution in [3.63, 3.8) is 0 Å². The van der Waals surface area contributed by atoms with Gasteiger partial charge < -0.3 is 15.5 Å². The molecule has 4 heteroatoms. The Kier molecular flexibility index (Phi) is 2.19. The van der Waals surface area contributed by atoms with Gasteiger partial charge in [-0.3, -0.25) is 0 Å². The summed E-state index contributed by atoms with van der Waals surface area (Å²) in [6.45, 7) is 0. The Hall–Kier alpha value is -2.49. The van der Waals surface area contributed by atoms with Crippen molar-refractivity contribution in [1.29, 1.82) is 0 Å². The fourth-order valence-corrected chi connectivity index (χ4v) is 1.75. The minimum absolute atomic E-state index is 0.717. The third-order valence-corrected chi connectivity index (χ3v) is 2.53. The number of nitrogens with two attached hydrogens (primary N) is 1. The van der Waals surface area contributed by atoms with E-state index in [1.165, 1.54) is 0 Å². The van der Waals surface area contributed by atoms with Crippen molar-refractivity contribution >= 4 is 28.2 Å². The van der Waals surface area contributed by atoms with Crippen molar-refractivity contribution in [3.8, 4) is 0 Å². The first kappa shape index (κ1) is 9.72. The van der Waals surface area contributed by atoms with Gasteiger partial charge in [0.15, 0.2) is 0 Å². The van der Waals surface area contributed by atoms with Crippen molar-refractivity contribution in [2.24, 2.45) is 0 Å². The molecule has 2 aromatic heterocycles. The predicted molar refractivity (Wildman–Crippen MR) is 68.1 cm³/mol. The molecule has 3 N–H and O–H groups in total. The number of hydrogen-bond donors (Lipinski definition) is 2. The Labute approximate surface area is 98.1 Å². The lowest BCUT2D eigenvalue weighted by Crippen LogP contribution is -1.94. The number of pyridine rings is 1. The first-order chi connectivity index (χ1) is 8.33. The molecule has 0 fully saturated rings. The van der Waals surface area contributed by atoms with E-state index in [0.29, 0.717) is 0 Å². The lowest BCUT2D eigenvalue weighted by Gasteiger charge is -2.06. The fraction of sp³-hybridized carbons (Fsp3) is 0. The number of anilines is 3. The summed E-state index contributed by atoms with van der Waals surface area (Å²) in [6.07, 6.45) is 3.36. The first-order valence-electron chi connectivity index (χ1n) is 5.28. The summed E-state index contributed by atoms with van der Waals surface area (Å²) in [5, 5.41) is 4.18. The van der Waals surface area contributed by atoms with E-state index >= 15 is 0 Å². The van der Waals surface area contributed by atoms with Crippen molar-refractivity contribution in [1.82, 2.24) is 4.98 Å². The van der Waals surface area contributed by atoms with E-state index in [-0.39, 0.29) is 0 Å². The summed E-state index contributed by atoms with van der Waals surface area (Å²) in [7, 11) is 0. The minimum Gasteiger partial charge on any atom is -0.464 e. The van der Waals surface area contributed by atoms with E-state index in [1.807, 2.05) is 36.4 Å². The summed E-state index contributed by atoms with van der Waals surface area (Å²) in [6, 6.07) is 11.3. The van der Waals surface area contributed by atoms with Crippen molar-refractivity contribution in [2.75, 3.05) is 11.1 Å². The van der Waals surface area contributed by atoms with E-state index in [4.69, 9.17) is 10.2 Å². The van der Waals surface area contributed by atoms with Gasteiger partial charge in [-0.25, -0.2) is 4.98 Å². The van der Waals surface area contributed by atoms with E-state index in [0.717, 1.165) is 28.2 Å². The van der Waals surface area contributed by atoms with Crippen LogP contribution in [0.2, 0.25) is 0 Å². The van der Waals surface area contributed by atoms with Crippen molar-refractivity contribution < 1.29 is 4.42 Å². The first-order valence-corrected chi connectivity index (χ1v) is 5.28. The smallest absolute Gasteiger partial charge is 0.141 e. The Morgan fingerprint density at radius 2 is 2.12 bits per heavy atom. The Bertz CT molecular complexity index is 660. The number of hydrogen-bond acceptors (Lipinski definition) is 4. The summed E-state index contributed by atoms with van der Waals surface area (Å²) in [4.78, 5) is 4.29. The monoisotopic (exact) mass is 225 g/mol. The molecule has 84 valence electrons. The van der Waals surface area contributed by atoms with Crippen molar-refractivity contribution in [2.45, 2.75) is 0 Å². The minimum atomic E-state index is 0.717. The lowest BCUT2D eigenvalue weighted by molar-refractivity contribution is 0.615. The van der Waals surface area contributed by atoms with E-state index in [9.17, 15) is 0 Å². The molecule has 2 heterocycles. The standard InChI is InChI=1S/C13H11N3O/c14-9-2-1-3-10(8-9)16-13-11-5-7-17-12(11)4-6-15-13/h1-8H,14H2,(H,15,16). The summed E-state index contributed by atoms with van der Waals surface area (Å²) < 4.78 is 5.32. The molecular formula is C13H11N3O. The van der Waals surface area contributed by atoms with Gasteiger partial charge in [-0.15, -0.1) is 0 Å². The highest BCUT2D eigenvalue weighted by Gasteiger charge is 2.04. The highest BCUT2D eigenvalue weighted by molar-refractivity contribution is 5.89. The molecule has 0 radical (unpaired) electrons. The molecule has 0 aliphatic heterocycles. The molecule has 0 amide bonds. The predicted octanol–water partition coefficient (Wildman–Crippen LogP) is 3.15. The van der Waals surface area contributed by atoms with Gasteiger partial charge in [0, 0.05) is 17.6 Å². The number of furan rings is 1. The van der Waals surface area contributed by atoms with Gasteiger partial charge in [-0.1, -0.05) is 6.07 Å². The zero-order chi connectivity index (χ0) is 11.7. The van der Waals surface area contributed by atoms with Crippen LogP contribution in [0, 0.1) is 0 Å². The molecule has 0 spiro atoms. The van der Waals surface area contributed by atoms with Crippen LogP contribution in [-0.4, -0.2) is 4.98 Å². The average molecular weight is 225 g/mol. The molecule has 0 unspecified atom stereocenters. The van der Waals surface area contributed by atoms with Gasteiger partial charge in [-0.2, -0.15) is 0 Å².